The molecule has 2 aliphatic heterocycles. The van der Waals surface area contributed by atoms with E-state index in [0.29, 0.717) is 17.9 Å². The molecule has 1 aromatic carbocycles. The van der Waals surface area contributed by atoms with E-state index >= 15 is 0 Å². The Bertz CT molecular complexity index is 469. The molecule has 2 fully saturated rings. The lowest BCUT2D eigenvalue weighted by atomic mass is 10.1. The number of phenols is 1. The highest BCUT2D eigenvalue weighted by atomic mass is 79.9. The minimum absolute atomic E-state index is 0.322. The van der Waals surface area contributed by atoms with Gasteiger partial charge in [-0.25, -0.2) is 0 Å². The van der Waals surface area contributed by atoms with E-state index < -0.39 is 0 Å². The normalized spacial score (nSPS) is 28.5. The summed E-state index contributed by atoms with van der Waals surface area (Å²) in [5.41, 5.74) is 1.13. The molecule has 5 heteroatoms. The summed E-state index contributed by atoms with van der Waals surface area (Å²) in [6, 6.07) is 5.94. The second kappa shape index (κ2) is 5.40. The first-order valence-electron chi connectivity index (χ1n) is 6.65. The van der Waals surface area contributed by atoms with Gasteiger partial charge in [0.2, 0.25) is 0 Å². The maximum Gasteiger partial charge on any atom is 0.115 e. The van der Waals surface area contributed by atoms with Crippen molar-refractivity contribution in [2.75, 3.05) is 33.3 Å². The Labute approximate surface area is 122 Å². The van der Waals surface area contributed by atoms with Crippen molar-refractivity contribution in [3.8, 4) is 5.75 Å². The number of morpholine rings is 1. The average molecular weight is 327 g/mol. The summed E-state index contributed by atoms with van der Waals surface area (Å²) < 4.78 is 6.90. The Hall–Kier alpha value is -0.620. The van der Waals surface area contributed by atoms with Crippen molar-refractivity contribution >= 4 is 15.9 Å². The first-order valence-corrected chi connectivity index (χ1v) is 7.44. The van der Waals surface area contributed by atoms with Crippen LogP contribution in [0.5, 0.6) is 5.75 Å². The zero-order valence-electron chi connectivity index (χ0n) is 11.1. The SMILES string of the molecule is CN1CCO[C@H]2CN(Cc3cc(O)ccc3Br)C[C@@H]21. The van der Waals surface area contributed by atoms with E-state index in [1.807, 2.05) is 12.1 Å². The van der Waals surface area contributed by atoms with Crippen molar-refractivity contribution in [1.82, 2.24) is 9.80 Å². The molecule has 3 rings (SSSR count). The Balaban J connectivity index is 1.70. The maximum absolute atomic E-state index is 9.59. The monoisotopic (exact) mass is 326 g/mol. The molecule has 1 aromatic rings. The second-order valence-electron chi connectivity index (χ2n) is 5.43. The molecule has 0 spiro atoms. The molecule has 2 heterocycles. The van der Waals surface area contributed by atoms with Crippen LogP contribution in [-0.2, 0) is 11.3 Å². The van der Waals surface area contributed by atoms with E-state index in [4.69, 9.17) is 4.74 Å². The van der Waals surface area contributed by atoms with Gasteiger partial charge in [0, 0.05) is 36.7 Å². The second-order valence-corrected chi connectivity index (χ2v) is 6.28. The van der Waals surface area contributed by atoms with Crippen LogP contribution >= 0.6 is 15.9 Å². The lowest BCUT2D eigenvalue weighted by molar-refractivity contribution is -0.0370. The first kappa shape index (κ1) is 13.4. The van der Waals surface area contributed by atoms with Crippen molar-refractivity contribution in [3.05, 3.63) is 28.2 Å². The van der Waals surface area contributed by atoms with Crippen LogP contribution < -0.4 is 0 Å². The minimum Gasteiger partial charge on any atom is -0.508 e. The van der Waals surface area contributed by atoms with Gasteiger partial charge in [-0.15, -0.1) is 0 Å². The van der Waals surface area contributed by atoms with Crippen molar-refractivity contribution in [2.45, 2.75) is 18.7 Å². The minimum atomic E-state index is 0.322. The summed E-state index contributed by atoms with van der Waals surface area (Å²) in [7, 11) is 2.17. The van der Waals surface area contributed by atoms with Crippen LogP contribution in [0.4, 0.5) is 0 Å². The fourth-order valence-electron chi connectivity index (χ4n) is 2.99. The summed E-state index contributed by atoms with van der Waals surface area (Å²) in [5, 5.41) is 9.59. The van der Waals surface area contributed by atoms with E-state index in [0.717, 1.165) is 42.8 Å². The number of hydrogen-bond acceptors (Lipinski definition) is 4. The number of phenolic OH excluding ortho intramolecular Hbond substituents is 1. The lowest BCUT2D eigenvalue weighted by Crippen LogP contribution is -2.48. The van der Waals surface area contributed by atoms with Crippen molar-refractivity contribution in [3.63, 3.8) is 0 Å². The highest BCUT2D eigenvalue weighted by Crippen LogP contribution is 2.27. The number of aromatic hydroxyl groups is 1. The molecular weight excluding hydrogens is 308 g/mol. The van der Waals surface area contributed by atoms with Crippen LogP contribution in [0.1, 0.15) is 5.56 Å². The fraction of sp³-hybridized carbons (Fsp3) is 0.571. The van der Waals surface area contributed by atoms with Crippen molar-refractivity contribution < 1.29 is 9.84 Å². The number of benzene rings is 1. The summed E-state index contributed by atoms with van der Waals surface area (Å²) in [6.45, 7) is 4.70. The number of fused-ring (bicyclic) bond motifs is 1. The first-order chi connectivity index (χ1) is 9.13. The predicted octanol–water partition coefficient (Wildman–Crippen LogP) is 1.67. The van der Waals surface area contributed by atoms with Crippen LogP contribution in [0.15, 0.2) is 22.7 Å². The van der Waals surface area contributed by atoms with Gasteiger partial charge in [0.05, 0.1) is 12.7 Å². The molecule has 0 bridgehead atoms. The van der Waals surface area contributed by atoms with Crippen LogP contribution in [0, 0.1) is 0 Å². The third kappa shape index (κ3) is 2.79. The van der Waals surface area contributed by atoms with Crippen molar-refractivity contribution in [1.29, 1.82) is 0 Å². The standard InChI is InChI=1S/C14H19BrN2O2/c1-16-4-5-19-14-9-17(8-13(14)16)7-10-6-11(18)2-3-12(10)15/h2-3,6,13-14,18H,4-5,7-9H2,1H3/t13-,14-/m0/s1. The maximum atomic E-state index is 9.59. The van der Waals surface area contributed by atoms with Gasteiger partial charge < -0.3 is 9.84 Å². The molecule has 0 saturated carbocycles. The topological polar surface area (TPSA) is 35.9 Å². The number of nitrogens with zero attached hydrogens (tertiary/aromatic N) is 2. The third-order valence-electron chi connectivity index (χ3n) is 4.08. The van der Waals surface area contributed by atoms with Gasteiger partial charge in [-0.2, -0.15) is 0 Å². The number of likely N-dealkylation sites (N-methyl/N-ethyl adjacent to an activating group) is 1. The molecule has 0 aromatic heterocycles. The summed E-state index contributed by atoms with van der Waals surface area (Å²) >= 11 is 3.55. The van der Waals surface area contributed by atoms with Crippen LogP contribution in [0.2, 0.25) is 0 Å². The van der Waals surface area contributed by atoms with E-state index in [2.05, 4.69) is 32.8 Å². The molecule has 19 heavy (non-hydrogen) atoms. The smallest absolute Gasteiger partial charge is 0.115 e. The number of ether oxygens (including phenoxy) is 1. The Morgan fingerprint density at radius 3 is 3.05 bits per heavy atom. The molecule has 2 atom stereocenters. The number of rotatable bonds is 2. The van der Waals surface area contributed by atoms with E-state index in [-0.39, 0.29) is 0 Å². The molecule has 0 aliphatic carbocycles. The molecule has 0 unspecified atom stereocenters. The molecular formula is C14H19BrN2O2. The largest absolute Gasteiger partial charge is 0.508 e. The number of halogens is 1. The zero-order chi connectivity index (χ0) is 13.4. The van der Waals surface area contributed by atoms with Crippen LogP contribution in [0.25, 0.3) is 0 Å². The number of likely N-dealkylation sites (tertiary alicyclic amines) is 1. The van der Waals surface area contributed by atoms with Crippen molar-refractivity contribution in [2.24, 2.45) is 0 Å². The van der Waals surface area contributed by atoms with E-state index in [9.17, 15) is 5.11 Å². The van der Waals surface area contributed by atoms with Gasteiger partial charge in [0.25, 0.3) is 0 Å². The Kier molecular flexibility index (Phi) is 3.80. The third-order valence-corrected chi connectivity index (χ3v) is 4.85. The average Bonchev–Trinajstić information content (AvgIpc) is 2.78. The molecule has 2 aliphatic rings. The van der Waals surface area contributed by atoms with Gasteiger partial charge in [0.15, 0.2) is 0 Å². The molecule has 104 valence electrons. The Morgan fingerprint density at radius 2 is 2.26 bits per heavy atom. The molecule has 1 N–H and O–H groups in total. The van der Waals surface area contributed by atoms with Gasteiger partial charge in [-0.05, 0) is 30.8 Å². The summed E-state index contributed by atoms with van der Waals surface area (Å²) in [5.74, 6) is 0.322. The highest BCUT2D eigenvalue weighted by Gasteiger charge is 2.38. The van der Waals surface area contributed by atoms with Gasteiger partial charge in [-0.3, -0.25) is 9.80 Å². The number of hydrogen-bond donors (Lipinski definition) is 1. The van der Waals surface area contributed by atoms with E-state index in [1.54, 1.807) is 6.07 Å². The fourth-order valence-corrected chi connectivity index (χ4v) is 3.36. The lowest BCUT2D eigenvalue weighted by Gasteiger charge is -2.33. The summed E-state index contributed by atoms with van der Waals surface area (Å²) in [6.07, 6.45) is 0.329. The summed E-state index contributed by atoms with van der Waals surface area (Å²) in [4.78, 5) is 4.79. The highest BCUT2D eigenvalue weighted by molar-refractivity contribution is 9.10. The van der Waals surface area contributed by atoms with Crippen LogP contribution in [-0.4, -0.2) is 60.3 Å². The molecule has 4 nitrogen and oxygen atoms in total. The molecule has 2 saturated heterocycles. The van der Waals surface area contributed by atoms with Crippen LogP contribution in [0.3, 0.4) is 0 Å². The molecule has 0 amide bonds. The van der Waals surface area contributed by atoms with Gasteiger partial charge >= 0.3 is 0 Å². The van der Waals surface area contributed by atoms with Gasteiger partial charge in [-0.1, -0.05) is 15.9 Å². The molecule has 0 radical (unpaired) electrons. The van der Waals surface area contributed by atoms with E-state index in [1.165, 1.54) is 0 Å². The quantitative estimate of drug-likeness (QED) is 0.896. The predicted molar refractivity (Wildman–Crippen MR) is 77.2 cm³/mol. The van der Waals surface area contributed by atoms with Gasteiger partial charge in [0.1, 0.15) is 5.75 Å². The zero-order valence-corrected chi connectivity index (χ0v) is 12.6. The Morgan fingerprint density at radius 1 is 1.42 bits per heavy atom.